The molecular formula is C14H23NO. The van der Waals surface area contributed by atoms with Gasteiger partial charge in [0.05, 0.1) is 0 Å². The van der Waals surface area contributed by atoms with E-state index in [1.165, 1.54) is 38.5 Å². The second kappa shape index (κ2) is 4.05. The molecule has 3 atom stereocenters. The summed E-state index contributed by atoms with van der Waals surface area (Å²) in [5.41, 5.74) is 0. The topological polar surface area (TPSA) is 20.3 Å². The Bertz CT molecular complexity index is 284. The maximum atomic E-state index is 12.4. The molecular weight excluding hydrogens is 198 g/mol. The fourth-order valence-corrected chi connectivity index (χ4v) is 3.95. The van der Waals surface area contributed by atoms with Gasteiger partial charge in [-0.15, -0.1) is 0 Å². The van der Waals surface area contributed by atoms with Crippen molar-refractivity contribution in [2.24, 2.45) is 11.8 Å². The lowest BCUT2D eigenvalue weighted by atomic mass is 9.82. The maximum absolute atomic E-state index is 12.4. The van der Waals surface area contributed by atoms with Crippen LogP contribution in [0.5, 0.6) is 0 Å². The number of amides is 1. The van der Waals surface area contributed by atoms with E-state index in [0.717, 1.165) is 18.8 Å². The number of hydrogen-bond donors (Lipinski definition) is 0. The summed E-state index contributed by atoms with van der Waals surface area (Å²) in [6.07, 6.45) is 10.2. The normalized spacial score (nSPS) is 39.3. The minimum absolute atomic E-state index is 0.392. The molecule has 0 aromatic rings. The predicted molar refractivity (Wildman–Crippen MR) is 64.0 cm³/mol. The molecule has 0 aromatic carbocycles. The minimum atomic E-state index is 0.392. The lowest BCUT2D eigenvalue weighted by Gasteiger charge is -2.37. The Morgan fingerprint density at radius 3 is 2.50 bits per heavy atom. The molecule has 2 aliphatic carbocycles. The number of rotatable bonds is 1. The molecule has 2 nitrogen and oxygen atoms in total. The van der Waals surface area contributed by atoms with E-state index in [9.17, 15) is 4.79 Å². The van der Waals surface area contributed by atoms with E-state index in [-0.39, 0.29) is 0 Å². The van der Waals surface area contributed by atoms with Gasteiger partial charge in [0, 0.05) is 18.0 Å². The molecule has 1 heterocycles. The van der Waals surface area contributed by atoms with E-state index in [2.05, 4.69) is 11.8 Å². The smallest absolute Gasteiger partial charge is 0.226 e. The summed E-state index contributed by atoms with van der Waals surface area (Å²) in [6.45, 7) is 2.26. The van der Waals surface area contributed by atoms with Gasteiger partial charge < -0.3 is 4.90 Å². The minimum Gasteiger partial charge on any atom is -0.336 e. The molecule has 3 unspecified atom stereocenters. The molecule has 1 saturated heterocycles. The first-order valence-electron chi connectivity index (χ1n) is 7.09. The molecule has 3 rings (SSSR count). The van der Waals surface area contributed by atoms with E-state index in [0.29, 0.717) is 23.9 Å². The summed E-state index contributed by atoms with van der Waals surface area (Å²) >= 11 is 0. The van der Waals surface area contributed by atoms with Crippen molar-refractivity contribution in [2.45, 2.75) is 70.4 Å². The van der Waals surface area contributed by atoms with Crippen molar-refractivity contribution in [1.82, 2.24) is 4.90 Å². The van der Waals surface area contributed by atoms with Gasteiger partial charge in [0.25, 0.3) is 0 Å². The highest BCUT2D eigenvalue weighted by Gasteiger charge is 2.44. The number of fused-ring (bicyclic) bond motifs is 1. The van der Waals surface area contributed by atoms with Crippen LogP contribution in [0.1, 0.15) is 58.3 Å². The molecule has 16 heavy (non-hydrogen) atoms. The molecule has 0 bridgehead atoms. The average Bonchev–Trinajstić information content (AvgIpc) is 2.50. The predicted octanol–water partition coefficient (Wildman–Crippen LogP) is 2.97. The molecule has 0 spiro atoms. The van der Waals surface area contributed by atoms with Crippen molar-refractivity contribution >= 4 is 5.91 Å². The zero-order valence-corrected chi connectivity index (χ0v) is 10.3. The molecule has 2 heteroatoms. The first-order chi connectivity index (χ1) is 7.77. The van der Waals surface area contributed by atoms with Crippen LogP contribution in [0.4, 0.5) is 0 Å². The van der Waals surface area contributed by atoms with Gasteiger partial charge in [0.1, 0.15) is 0 Å². The Labute approximate surface area is 98.4 Å². The van der Waals surface area contributed by atoms with Crippen LogP contribution in [-0.4, -0.2) is 22.9 Å². The summed E-state index contributed by atoms with van der Waals surface area (Å²) in [5.74, 6) is 1.71. The molecule has 3 fully saturated rings. The van der Waals surface area contributed by atoms with E-state index < -0.39 is 0 Å². The van der Waals surface area contributed by atoms with Crippen LogP contribution in [0.2, 0.25) is 0 Å². The van der Waals surface area contributed by atoms with E-state index in [1.54, 1.807) is 0 Å². The Balaban J connectivity index is 1.74. The van der Waals surface area contributed by atoms with Crippen LogP contribution in [0.25, 0.3) is 0 Å². The van der Waals surface area contributed by atoms with Crippen LogP contribution in [0, 0.1) is 11.8 Å². The molecule has 0 radical (unpaired) electrons. The summed E-state index contributed by atoms with van der Waals surface area (Å²) in [4.78, 5) is 14.7. The molecule has 90 valence electrons. The SMILES string of the molecule is CC1CC2CCCCC2N1C(=O)C1CCC1. The number of carbonyl (C=O) groups excluding carboxylic acids is 1. The average molecular weight is 221 g/mol. The quantitative estimate of drug-likeness (QED) is 0.666. The maximum Gasteiger partial charge on any atom is 0.226 e. The third-order valence-electron chi connectivity index (χ3n) is 5.05. The largest absolute Gasteiger partial charge is 0.336 e. The number of likely N-dealkylation sites (tertiary alicyclic amines) is 1. The van der Waals surface area contributed by atoms with Gasteiger partial charge >= 0.3 is 0 Å². The summed E-state index contributed by atoms with van der Waals surface area (Å²) in [6, 6.07) is 1.12. The van der Waals surface area contributed by atoms with Crippen molar-refractivity contribution in [3.8, 4) is 0 Å². The number of hydrogen-bond acceptors (Lipinski definition) is 1. The van der Waals surface area contributed by atoms with Crippen LogP contribution in [0.3, 0.4) is 0 Å². The summed E-state index contributed by atoms with van der Waals surface area (Å²) < 4.78 is 0. The summed E-state index contributed by atoms with van der Waals surface area (Å²) in [5, 5.41) is 0. The van der Waals surface area contributed by atoms with Crippen molar-refractivity contribution in [1.29, 1.82) is 0 Å². The third-order valence-corrected chi connectivity index (χ3v) is 5.05. The van der Waals surface area contributed by atoms with Crippen molar-refractivity contribution in [2.75, 3.05) is 0 Å². The molecule has 3 aliphatic rings. The lowest BCUT2D eigenvalue weighted by molar-refractivity contribution is -0.141. The Hall–Kier alpha value is -0.530. The van der Waals surface area contributed by atoms with Crippen molar-refractivity contribution in [3.63, 3.8) is 0 Å². The Morgan fingerprint density at radius 1 is 1.06 bits per heavy atom. The highest BCUT2D eigenvalue weighted by molar-refractivity contribution is 5.80. The Kier molecular flexibility index (Phi) is 2.68. The standard InChI is InChI=1S/C14H23NO/c1-10-9-12-5-2-3-8-13(12)15(10)14(16)11-6-4-7-11/h10-13H,2-9H2,1H3. The van der Waals surface area contributed by atoms with Gasteiger partial charge in [-0.3, -0.25) is 4.79 Å². The second-order valence-electron chi connectivity index (χ2n) is 6.07. The fourth-order valence-electron chi connectivity index (χ4n) is 3.95. The van der Waals surface area contributed by atoms with Crippen LogP contribution in [-0.2, 0) is 4.79 Å². The van der Waals surface area contributed by atoms with Gasteiger partial charge in [-0.1, -0.05) is 19.3 Å². The lowest BCUT2D eigenvalue weighted by Crippen LogP contribution is -2.46. The fraction of sp³-hybridized carbons (Fsp3) is 0.929. The number of nitrogens with zero attached hydrogens (tertiary/aromatic N) is 1. The van der Waals surface area contributed by atoms with Crippen LogP contribution < -0.4 is 0 Å². The molecule has 1 aliphatic heterocycles. The monoisotopic (exact) mass is 221 g/mol. The summed E-state index contributed by atoms with van der Waals surface area (Å²) in [7, 11) is 0. The van der Waals surface area contributed by atoms with E-state index in [4.69, 9.17) is 0 Å². The van der Waals surface area contributed by atoms with E-state index in [1.807, 2.05) is 0 Å². The second-order valence-corrected chi connectivity index (χ2v) is 6.07. The molecule has 0 N–H and O–H groups in total. The zero-order chi connectivity index (χ0) is 11.1. The van der Waals surface area contributed by atoms with E-state index >= 15 is 0 Å². The molecule has 1 amide bonds. The van der Waals surface area contributed by atoms with Crippen molar-refractivity contribution in [3.05, 3.63) is 0 Å². The first kappa shape index (κ1) is 10.6. The van der Waals surface area contributed by atoms with Crippen LogP contribution >= 0.6 is 0 Å². The van der Waals surface area contributed by atoms with Crippen molar-refractivity contribution < 1.29 is 4.79 Å². The number of carbonyl (C=O) groups is 1. The van der Waals surface area contributed by atoms with Gasteiger partial charge in [-0.05, 0) is 44.9 Å². The highest BCUT2D eigenvalue weighted by atomic mass is 16.2. The molecule has 0 aromatic heterocycles. The molecule has 2 saturated carbocycles. The zero-order valence-electron chi connectivity index (χ0n) is 10.3. The Morgan fingerprint density at radius 2 is 1.81 bits per heavy atom. The van der Waals surface area contributed by atoms with Gasteiger partial charge in [-0.25, -0.2) is 0 Å². The van der Waals surface area contributed by atoms with Crippen LogP contribution in [0.15, 0.2) is 0 Å². The van der Waals surface area contributed by atoms with Gasteiger partial charge in [0.2, 0.25) is 5.91 Å². The first-order valence-corrected chi connectivity index (χ1v) is 7.09. The van der Waals surface area contributed by atoms with Gasteiger partial charge in [0.15, 0.2) is 0 Å². The third kappa shape index (κ3) is 1.57. The highest BCUT2D eigenvalue weighted by Crippen LogP contribution is 2.42. The van der Waals surface area contributed by atoms with Gasteiger partial charge in [-0.2, -0.15) is 0 Å².